The van der Waals surface area contributed by atoms with Crippen molar-refractivity contribution < 1.29 is 9.53 Å². The zero-order chi connectivity index (χ0) is 13.9. The molecule has 3 rings (SSSR count). The smallest absolute Gasteiger partial charge is 0.240 e. The molecule has 1 N–H and O–H groups in total. The van der Waals surface area contributed by atoms with Gasteiger partial charge in [0.25, 0.3) is 0 Å². The monoisotopic (exact) mass is 274 g/mol. The number of carbonyl (C=O) groups is 1. The van der Waals surface area contributed by atoms with E-state index in [0.29, 0.717) is 6.04 Å². The van der Waals surface area contributed by atoms with Crippen molar-refractivity contribution in [3.05, 3.63) is 35.4 Å². The molecule has 0 radical (unpaired) electrons. The number of hydrogen-bond donors (Lipinski definition) is 1. The van der Waals surface area contributed by atoms with Crippen LogP contribution in [0, 0.1) is 0 Å². The summed E-state index contributed by atoms with van der Waals surface area (Å²) in [4.78, 5) is 14.6. The van der Waals surface area contributed by atoms with Crippen LogP contribution in [0.1, 0.15) is 24.0 Å². The molecule has 0 saturated carbocycles. The first-order valence-corrected chi connectivity index (χ1v) is 7.40. The molecule has 0 aliphatic carbocycles. The van der Waals surface area contributed by atoms with Crippen LogP contribution in [-0.2, 0) is 22.5 Å². The van der Waals surface area contributed by atoms with Gasteiger partial charge in [-0.05, 0) is 30.4 Å². The summed E-state index contributed by atoms with van der Waals surface area (Å²) >= 11 is 0. The van der Waals surface area contributed by atoms with Crippen molar-refractivity contribution in [3.63, 3.8) is 0 Å². The molecule has 1 saturated heterocycles. The second-order valence-corrected chi connectivity index (χ2v) is 5.70. The number of fused-ring (bicyclic) bond motifs is 1. The van der Waals surface area contributed by atoms with Gasteiger partial charge >= 0.3 is 0 Å². The second kappa shape index (κ2) is 5.94. The lowest BCUT2D eigenvalue weighted by Crippen LogP contribution is -2.52. The molecular weight excluding hydrogens is 252 g/mol. The summed E-state index contributed by atoms with van der Waals surface area (Å²) in [6.45, 7) is 2.32. The number of benzene rings is 1. The van der Waals surface area contributed by atoms with Gasteiger partial charge in [0.1, 0.15) is 0 Å². The summed E-state index contributed by atoms with van der Waals surface area (Å²) in [6.07, 6.45) is 2.69. The summed E-state index contributed by atoms with van der Waals surface area (Å²) in [5, 5.41) is 3.37. The molecule has 2 aliphatic heterocycles. The van der Waals surface area contributed by atoms with Crippen molar-refractivity contribution in [2.24, 2.45) is 0 Å². The van der Waals surface area contributed by atoms with E-state index in [1.807, 2.05) is 18.0 Å². The molecular formula is C16H22N2O2. The Morgan fingerprint density at radius 3 is 2.70 bits per heavy atom. The third-order valence-electron chi connectivity index (χ3n) is 4.47. The van der Waals surface area contributed by atoms with Gasteiger partial charge in [-0.15, -0.1) is 0 Å². The topological polar surface area (TPSA) is 41.6 Å². The maximum atomic E-state index is 12.6. The predicted molar refractivity (Wildman–Crippen MR) is 77.4 cm³/mol. The minimum Gasteiger partial charge on any atom is -0.381 e. The number of carbonyl (C=O) groups excluding carboxylic acids is 1. The van der Waals surface area contributed by atoms with Gasteiger partial charge in [-0.1, -0.05) is 24.3 Å². The fourth-order valence-corrected chi connectivity index (χ4v) is 3.13. The Balaban J connectivity index is 1.66. The average Bonchev–Trinajstić information content (AvgIpc) is 2.54. The fourth-order valence-electron chi connectivity index (χ4n) is 3.13. The summed E-state index contributed by atoms with van der Waals surface area (Å²) < 4.78 is 5.37. The Labute approximate surface area is 120 Å². The van der Waals surface area contributed by atoms with Gasteiger partial charge in [0, 0.05) is 32.8 Å². The van der Waals surface area contributed by atoms with E-state index in [1.165, 1.54) is 11.1 Å². The third-order valence-corrected chi connectivity index (χ3v) is 4.47. The number of rotatable bonds is 2. The summed E-state index contributed by atoms with van der Waals surface area (Å²) in [7, 11) is 1.93. The molecule has 1 fully saturated rings. The maximum Gasteiger partial charge on any atom is 0.240 e. The summed E-state index contributed by atoms with van der Waals surface area (Å²) in [5.74, 6) is 0.214. The molecule has 0 aromatic heterocycles. The molecule has 0 bridgehead atoms. The van der Waals surface area contributed by atoms with Crippen molar-refractivity contribution in [1.82, 2.24) is 10.2 Å². The zero-order valence-electron chi connectivity index (χ0n) is 12.0. The van der Waals surface area contributed by atoms with E-state index in [9.17, 15) is 4.79 Å². The van der Waals surface area contributed by atoms with Crippen LogP contribution in [0.15, 0.2) is 24.3 Å². The lowest BCUT2D eigenvalue weighted by Gasteiger charge is -2.35. The van der Waals surface area contributed by atoms with Gasteiger partial charge in [0.15, 0.2) is 0 Å². The Hall–Kier alpha value is -1.39. The van der Waals surface area contributed by atoms with E-state index < -0.39 is 0 Å². The molecule has 0 unspecified atom stereocenters. The lowest BCUT2D eigenvalue weighted by atomic mass is 9.94. The highest BCUT2D eigenvalue weighted by atomic mass is 16.5. The van der Waals surface area contributed by atoms with Crippen LogP contribution in [0.3, 0.4) is 0 Å². The van der Waals surface area contributed by atoms with E-state index in [1.54, 1.807) is 0 Å². The van der Waals surface area contributed by atoms with Gasteiger partial charge in [0.05, 0.1) is 6.04 Å². The van der Waals surface area contributed by atoms with Gasteiger partial charge in [-0.2, -0.15) is 0 Å². The van der Waals surface area contributed by atoms with Crippen LogP contribution in [0.4, 0.5) is 0 Å². The van der Waals surface area contributed by atoms with E-state index >= 15 is 0 Å². The molecule has 20 heavy (non-hydrogen) atoms. The minimum absolute atomic E-state index is 0.0854. The fraction of sp³-hybridized carbons (Fsp3) is 0.562. The van der Waals surface area contributed by atoms with Crippen LogP contribution >= 0.6 is 0 Å². The average molecular weight is 274 g/mol. The maximum absolute atomic E-state index is 12.6. The normalized spacial score (nSPS) is 23.1. The molecule has 4 nitrogen and oxygen atoms in total. The molecule has 108 valence electrons. The van der Waals surface area contributed by atoms with Crippen LogP contribution < -0.4 is 5.32 Å². The quantitative estimate of drug-likeness (QED) is 0.885. The number of ether oxygens (including phenoxy) is 1. The standard InChI is InChI=1S/C16H22N2O2/c1-18(14-6-8-20-9-7-14)16(19)15-10-12-4-2-3-5-13(12)11-17-15/h2-5,14-15,17H,6-11H2,1H3/t15-/m0/s1. The molecule has 1 aromatic rings. The van der Waals surface area contributed by atoms with Crippen molar-refractivity contribution in [2.45, 2.75) is 37.9 Å². The van der Waals surface area contributed by atoms with Crippen LogP contribution in [0.25, 0.3) is 0 Å². The molecule has 1 atom stereocenters. The number of amides is 1. The first-order chi connectivity index (χ1) is 9.75. The molecule has 1 amide bonds. The SMILES string of the molecule is CN(C(=O)[C@@H]1Cc2ccccc2CN1)C1CCOCC1. The predicted octanol–water partition coefficient (Wildman–Crippen LogP) is 1.34. The van der Waals surface area contributed by atoms with Crippen molar-refractivity contribution in [3.8, 4) is 0 Å². The number of hydrogen-bond acceptors (Lipinski definition) is 3. The highest BCUT2D eigenvalue weighted by Crippen LogP contribution is 2.19. The van der Waals surface area contributed by atoms with Crippen LogP contribution in [0.5, 0.6) is 0 Å². The third kappa shape index (κ3) is 2.72. The van der Waals surface area contributed by atoms with Crippen LogP contribution in [0.2, 0.25) is 0 Å². The summed E-state index contributed by atoms with van der Waals surface area (Å²) in [6, 6.07) is 8.61. The Morgan fingerprint density at radius 2 is 1.95 bits per heavy atom. The number of nitrogens with zero attached hydrogens (tertiary/aromatic N) is 1. The van der Waals surface area contributed by atoms with Gasteiger partial charge in [0.2, 0.25) is 5.91 Å². The number of nitrogens with one attached hydrogen (secondary N) is 1. The van der Waals surface area contributed by atoms with Crippen molar-refractivity contribution >= 4 is 5.91 Å². The molecule has 4 heteroatoms. The van der Waals surface area contributed by atoms with E-state index in [-0.39, 0.29) is 11.9 Å². The zero-order valence-corrected chi connectivity index (χ0v) is 12.0. The largest absolute Gasteiger partial charge is 0.381 e. The van der Waals surface area contributed by atoms with Crippen LogP contribution in [-0.4, -0.2) is 43.2 Å². The van der Waals surface area contributed by atoms with Gasteiger partial charge in [-0.25, -0.2) is 0 Å². The highest BCUT2D eigenvalue weighted by Gasteiger charge is 2.30. The van der Waals surface area contributed by atoms with E-state index in [4.69, 9.17) is 4.74 Å². The first-order valence-electron chi connectivity index (χ1n) is 7.40. The summed E-state index contributed by atoms with van der Waals surface area (Å²) in [5.41, 5.74) is 2.61. The first kappa shape index (κ1) is 13.6. The van der Waals surface area contributed by atoms with Gasteiger partial charge in [-0.3, -0.25) is 4.79 Å². The Morgan fingerprint density at radius 1 is 1.25 bits per heavy atom. The molecule has 2 aliphatic rings. The van der Waals surface area contributed by atoms with Crippen molar-refractivity contribution in [1.29, 1.82) is 0 Å². The Kier molecular flexibility index (Phi) is 4.03. The van der Waals surface area contributed by atoms with E-state index in [0.717, 1.165) is 39.0 Å². The molecule has 0 spiro atoms. The van der Waals surface area contributed by atoms with Crippen molar-refractivity contribution in [2.75, 3.05) is 20.3 Å². The Bertz CT molecular complexity index is 483. The number of likely N-dealkylation sites (N-methyl/N-ethyl adjacent to an activating group) is 1. The minimum atomic E-state index is -0.0854. The molecule has 2 heterocycles. The second-order valence-electron chi connectivity index (χ2n) is 5.70. The lowest BCUT2D eigenvalue weighted by molar-refractivity contribution is -0.136. The molecule has 1 aromatic carbocycles. The van der Waals surface area contributed by atoms with Gasteiger partial charge < -0.3 is 15.0 Å². The highest BCUT2D eigenvalue weighted by molar-refractivity contribution is 5.82. The van der Waals surface area contributed by atoms with E-state index in [2.05, 4.69) is 23.5 Å².